The minimum atomic E-state index is -3.72. The van der Waals surface area contributed by atoms with Crippen molar-refractivity contribution in [3.63, 3.8) is 0 Å². The average molecular weight is 377 g/mol. The van der Waals surface area contributed by atoms with E-state index in [9.17, 15) is 13.2 Å². The van der Waals surface area contributed by atoms with Gasteiger partial charge >= 0.3 is 0 Å². The van der Waals surface area contributed by atoms with Crippen molar-refractivity contribution in [2.75, 3.05) is 15.8 Å². The average Bonchev–Trinajstić information content (AvgIpc) is 2.74. The highest BCUT2D eigenvalue weighted by molar-refractivity contribution is 7.99. The van der Waals surface area contributed by atoms with Gasteiger partial charge in [0, 0.05) is 22.8 Å². The van der Waals surface area contributed by atoms with E-state index in [0.29, 0.717) is 29.5 Å². The first kappa shape index (κ1) is 17.8. The molecule has 0 saturated carbocycles. The predicted molar refractivity (Wildman–Crippen MR) is 102 cm³/mol. The van der Waals surface area contributed by atoms with Crippen molar-refractivity contribution in [3.05, 3.63) is 48.0 Å². The number of anilines is 2. The van der Waals surface area contributed by atoms with Gasteiger partial charge in [-0.25, -0.2) is 8.42 Å². The summed E-state index contributed by atoms with van der Waals surface area (Å²) in [5.74, 6) is 0.972. The van der Waals surface area contributed by atoms with Crippen LogP contribution < -0.4 is 10.0 Å². The topological polar surface area (TPSA) is 75.3 Å². The summed E-state index contributed by atoms with van der Waals surface area (Å²) >= 11 is 1.54. The Morgan fingerprint density at radius 1 is 1.12 bits per heavy atom. The van der Waals surface area contributed by atoms with Gasteiger partial charge in [-0.15, -0.1) is 11.8 Å². The molecule has 25 heavy (non-hydrogen) atoms. The summed E-state index contributed by atoms with van der Waals surface area (Å²) in [5.41, 5.74) is 2.20. The molecule has 0 unspecified atom stereocenters. The third-order valence-corrected chi connectivity index (χ3v) is 6.41. The Kier molecular flexibility index (Phi) is 5.06. The van der Waals surface area contributed by atoms with Crippen LogP contribution in [0.5, 0.6) is 0 Å². The molecule has 0 spiro atoms. The fraction of sp³-hybridized carbons (Fsp3) is 0.278. The molecule has 0 saturated heterocycles. The van der Waals surface area contributed by atoms with Crippen LogP contribution in [-0.2, 0) is 14.8 Å². The summed E-state index contributed by atoms with van der Waals surface area (Å²) in [5, 5.41) is 2.77. The van der Waals surface area contributed by atoms with Crippen molar-refractivity contribution in [2.45, 2.75) is 36.0 Å². The molecule has 1 heterocycles. The molecule has 1 aliphatic heterocycles. The van der Waals surface area contributed by atoms with Crippen LogP contribution in [0.4, 0.5) is 11.4 Å². The van der Waals surface area contributed by atoms with Gasteiger partial charge in [0.2, 0.25) is 5.91 Å². The lowest BCUT2D eigenvalue weighted by Gasteiger charge is -2.12. The number of rotatable bonds is 4. The van der Waals surface area contributed by atoms with Crippen molar-refractivity contribution in [1.29, 1.82) is 0 Å². The number of fused-ring (bicyclic) bond motifs is 1. The monoisotopic (exact) mass is 376 g/mol. The largest absolute Gasteiger partial charge is 0.325 e. The summed E-state index contributed by atoms with van der Waals surface area (Å²) < 4.78 is 27.9. The minimum Gasteiger partial charge on any atom is -0.325 e. The van der Waals surface area contributed by atoms with E-state index >= 15 is 0 Å². The van der Waals surface area contributed by atoms with Gasteiger partial charge in [0.1, 0.15) is 0 Å². The molecule has 2 N–H and O–H groups in total. The van der Waals surface area contributed by atoms with Crippen LogP contribution in [0.15, 0.2) is 52.3 Å². The number of benzene rings is 2. The molecule has 132 valence electrons. The summed E-state index contributed by atoms with van der Waals surface area (Å²) in [6.07, 6.45) is 0.419. The molecule has 0 bridgehead atoms. The zero-order chi connectivity index (χ0) is 18.0. The Hall–Kier alpha value is -1.99. The second-order valence-corrected chi connectivity index (χ2v) is 9.01. The van der Waals surface area contributed by atoms with Gasteiger partial charge < -0.3 is 5.32 Å². The second-order valence-electron chi connectivity index (χ2n) is 6.19. The summed E-state index contributed by atoms with van der Waals surface area (Å²) in [6, 6.07) is 12.2. The van der Waals surface area contributed by atoms with E-state index < -0.39 is 10.0 Å². The number of thioether (sulfide) groups is 1. The number of sulfonamides is 1. The quantitative estimate of drug-likeness (QED) is 0.844. The normalized spacial score (nSPS) is 14.6. The van der Waals surface area contributed by atoms with Crippen LogP contribution in [0, 0.1) is 0 Å². The van der Waals surface area contributed by atoms with E-state index in [4.69, 9.17) is 0 Å². The Morgan fingerprint density at radius 2 is 1.84 bits per heavy atom. The zero-order valence-electron chi connectivity index (χ0n) is 14.1. The molecular formula is C18H20N2O3S2. The molecular weight excluding hydrogens is 356 g/mol. The van der Waals surface area contributed by atoms with E-state index in [1.165, 1.54) is 6.07 Å². The highest BCUT2D eigenvalue weighted by atomic mass is 32.2. The molecule has 2 aromatic carbocycles. The Balaban J connectivity index is 1.86. The van der Waals surface area contributed by atoms with E-state index in [-0.39, 0.29) is 10.8 Å². The van der Waals surface area contributed by atoms with Crippen LogP contribution in [-0.4, -0.2) is 20.1 Å². The molecule has 1 aliphatic rings. The maximum absolute atomic E-state index is 12.6. The first-order valence-corrected chi connectivity index (χ1v) is 10.5. The minimum absolute atomic E-state index is 0.0990. The number of hydrogen-bond acceptors (Lipinski definition) is 4. The summed E-state index contributed by atoms with van der Waals surface area (Å²) in [6.45, 7) is 4.17. The van der Waals surface area contributed by atoms with Crippen molar-refractivity contribution < 1.29 is 13.2 Å². The number of carbonyl (C=O) groups excluding carboxylic acids is 1. The molecule has 5 nitrogen and oxygen atoms in total. The standard InChI is InChI=1S/C18H20N2O3S2/c1-12(2)13-3-5-14(6-4-13)20-25(22,23)15-7-8-17-16(11-15)19-18(21)9-10-24-17/h3-8,11-12,20H,9-10H2,1-2H3,(H,19,21). The second kappa shape index (κ2) is 7.09. The highest BCUT2D eigenvalue weighted by Gasteiger charge is 2.19. The van der Waals surface area contributed by atoms with Crippen molar-refractivity contribution in [2.24, 2.45) is 0 Å². The van der Waals surface area contributed by atoms with Gasteiger partial charge in [0.25, 0.3) is 10.0 Å². The van der Waals surface area contributed by atoms with Crippen LogP contribution >= 0.6 is 11.8 Å². The highest BCUT2D eigenvalue weighted by Crippen LogP contribution is 2.33. The lowest BCUT2D eigenvalue weighted by atomic mass is 10.0. The van der Waals surface area contributed by atoms with E-state index in [1.807, 2.05) is 12.1 Å². The lowest BCUT2D eigenvalue weighted by Crippen LogP contribution is -2.14. The molecule has 0 aromatic heterocycles. The fourth-order valence-electron chi connectivity index (χ4n) is 2.52. The van der Waals surface area contributed by atoms with Crippen LogP contribution in [0.3, 0.4) is 0 Å². The van der Waals surface area contributed by atoms with E-state index in [1.54, 1.807) is 36.0 Å². The van der Waals surface area contributed by atoms with Gasteiger partial charge in [-0.05, 0) is 41.8 Å². The third-order valence-electron chi connectivity index (χ3n) is 3.95. The first-order valence-electron chi connectivity index (χ1n) is 8.04. The molecule has 0 radical (unpaired) electrons. The maximum atomic E-state index is 12.6. The lowest BCUT2D eigenvalue weighted by molar-refractivity contribution is -0.115. The maximum Gasteiger partial charge on any atom is 0.261 e. The van der Waals surface area contributed by atoms with E-state index in [2.05, 4.69) is 23.9 Å². The number of amides is 1. The summed E-state index contributed by atoms with van der Waals surface area (Å²) in [4.78, 5) is 12.7. The summed E-state index contributed by atoms with van der Waals surface area (Å²) in [7, 11) is -3.72. The SMILES string of the molecule is CC(C)c1ccc(NS(=O)(=O)c2ccc3c(c2)NC(=O)CCS3)cc1. The van der Waals surface area contributed by atoms with Crippen LogP contribution in [0.1, 0.15) is 31.7 Å². The zero-order valence-corrected chi connectivity index (χ0v) is 15.7. The van der Waals surface area contributed by atoms with Crippen molar-refractivity contribution in [1.82, 2.24) is 0 Å². The molecule has 3 rings (SSSR count). The number of carbonyl (C=O) groups is 1. The Labute approximate surface area is 152 Å². The molecule has 2 aromatic rings. The Morgan fingerprint density at radius 3 is 2.52 bits per heavy atom. The smallest absolute Gasteiger partial charge is 0.261 e. The fourth-order valence-corrected chi connectivity index (χ4v) is 4.54. The van der Waals surface area contributed by atoms with Crippen LogP contribution in [0.2, 0.25) is 0 Å². The first-order chi connectivity index (χ1) is 11.8. The third kappa shape index (κ3) is 4.16. The van der Waals surface area contributed by atoms with Crippen LogP contribution in [0.25, 0.3) is 0 Å². The number of nitrogens with one attached hydrogen (secondary N) is 2. The molecule has 0 aliphatic carbocycles. The van der Waals surface area contributed by atoms with E-state index in [0.717, 1.165) is 10.5 Å². The van der Waals surface area contributed by atoms with Crippen molar-refractivity contribution >= 4 is 39.1 Å². The number of hydrogen-bond donors (Lipinski definition) is 2. The predicted octanol–water partition coefficient (Wildman–Crippen LogP) is 4.05. The Bertz CT molecular complexity index is 891. The van der Waals surface area contributed by atoms with Gasteiger partial charge in [-0.1, -0.05) is 26.0 Å². The molecule has 1 amide bonds. The van der Waals surface area contributed by atoms with Gasteiger partial charge in [-0.2, -0.15) is 0 Å². The van der Waals surface area contributed by atoms with Crippen molar-refractivity contribution in [3.8, 4) is 0 Å². The molecule has 0 fully saturated rings. The van der Waals surface area contributed by atoms with Gasteiger partial charge in [0.15, 0.2) is 0 Å². The van der Waals surface area contributed by atoms with Gasteiger partial charge in [0.05, 0.1) is 10.6 Å². The molecule has 7 heteroatoms. The molecule has 0 atom stereocenters. The van der Waals surface area contributed by atoms with Gasteiger partial charge in [-0.3, -0.25) is 9.52 Å².